The molecule has 2 N–H and O–H groups in total. The molecule has 0 saturated carbocycles. The lowest BCUT2D eigenvalue weighted by Gasteiger charge is -2.29. The number of aromatic nitrogens is 1. The quantitative estimate of drug-likeness (QED) is 0.753. The van der Waals surface area contributed by atoms with Crippen molar-refractivity contribution in [2.45, 2.75) is 16.3 Å². The monoisotopic (exact) mass is 325 g/mol. The summed E-state index contributed by atoms with van der Waals surface area (Å²) in [6.45, 7) is 0.499. The van der Waals surface area contributed by atoms with Crippen LogP contribution in [0, 0.1) is 0 Å². The summed E-state index contributed by atoms with van der Waals surface area (Å²) in [5.41, 5.74) is 10.3. The van der Waals surface area contributed by atoms with E-state index in [1.54, 1.807) is 11.3 Å². The lowest BCUT2D eigenvalue weighted by molar-refractivity contribution is 1.04. The molecule has 0 radical (unpaired) electrons. The fourth-order valence-electron chi connectivity index (χ4n) is 2.63. The Hall–Kier alpha value is -1.82. The second-order valence-corrected chi connectivity index (χ2v) is 7.17. The summed E-state index contributed by atoms with van der Waals surface area (Å²) in [5.74, 6) is 0. The molecule has 4 rings (SSSR count). The first-order chi connectivity index (χ1) is 10.8. The average molecular weight is 325 g/mol. The van der Waals surface area contributed by atoms with Crippen molar-refractivity contribution in [3.63, 3.8) is 0 Å². The van der Waals surface area contributed by atoms with Gasteiger partial charge in [-0.2, -0.15) is 0 Å². The van der Waals surface area contributed by atoms with E-state index in [1.165, 1.54) is 21.2 Å². The molecule has 2 aromatic carbocycles. The molecule has 3 aromatic rings. The van der Waals surface area contributed by atoms with Gasteiger partial charge in [-0.25, -0.2) is 4.98 Å². The van der Waals surface area contributed by atoms with Crippen LogP contribution in [-0.2, 0) is 6.54 Å². The van der Waals surface area contributed by atoms with Crippen molar-refractivity contribution in [3.05, 3.63) is 52.9 Å². The molecule has 22 heavy (non-hydrogen) atoms. The lowest BCUT2D eigenvalue weighted by Crippen LogP contribution is -2.14. The van der Waals surface area contributed by atoms with Crippen LogP contribution >= 0.6 is 23.1 Å². The maximum absolute atomic E-state index is 5.66. The van der Waals surface area contributed by atoms with Gasteiger partial charge in [0.15, 0.2) is 0 Å². The predicted octanol–water partition coefficient (Wildman–Crippen LogP) is 4.50. The van der Waals surface area contributed by atoms with Crippen molar-refractivity contribution in [1.29, 1.82) is 0 Å². The van der Waals surface area contributed by atoms with Gasteiger partial charge in [0.25, 0.3) is 0 Å². The Morgan fingerprint density at radius 2 is 1.91 bits per heavy atom. The van der Waals surface area contributed by atoms with Crippen LogP contribution in [0.4, 0.5) is 11.4 Å². The second kappa shape index (κ2) is 5.43. The van der Waals surface area contributed by atoms with Crippen LogP contribution in [0.2, 0.25) is 0 Å². The van der Waals surface area contributed by atoms with Gasteiger partial charge in [0.05, 0.1) is 17.1 Å². The number of anilines is 2. The normalized spacial score (nSPS) is 12.9. The van der Waals surface area contributed by atoms with Crippen molar-refractivity contribution >= 4 is 34.5 Å². The number of hydrogen-bond acceptors (Lipinski definition) is 5. The Kier molecular flexibility index (Phi) is 3.41. The van der Waals surface area contributed by atoms with Gasteiger partial charge >= 0.3 is 0 Å². The molecular formula is C17H15N3S2. The number of nitrogens with two attached hydrogens (primary N) is 1. The number of thiazole rings is 1. The van der Waals surface area contributed by atoms with Gasteiger partial charge in [-0.05, 0) is 24.3 Å². The minimum Gasteiger partial charge on any atom is -0.343 e. The SMILES string of the molecule is CN1c2ccccc2Sc2ccc(-c3csc(CN)n3)cc21. The zero-order valence-corrected chi connectivity index (χ0v) is 13.7. The third kappa shape index (κ3) is 2.22. The molecule has 0 aliphatic carbocycles. The molecule has 0 bridgehead atoms. The van der Waals surface area contributed by atoms with Crippen molar-refractivity contribution in [1.82, 2.24) is 4.98 Å². The van der Waals surface area contributed by atoms with E-state index in [0.29, 0.717) is 6.54 Å². The number of para-hydroxylation sites is 1. The van der Waals surface area contributed by atoms with Gasteiger partial charge in [-0.3, -0.25) is 0 Å². The van der Waals surface area contributed by atoms with E-state index in [1.807, 2.05) is 11.8 Å². The third-order valence-corrected chi connectivity index (χ3v) is 5.79. The predicted molar refractivity (Wildman–Crippen MR) is 94.1 cm³/mol. The number of fused-ring (bicyclic) bond motifs is 2. The summed E-state index contributed by atoms with van der Waals surface area (Å²) in [5, 5.41) is 3.05. The molecule has 0 unspecified atom stereocenters. The number of benzene rings is 2. The summed E-state index contributed by atoms with van der Waals surface area (Å²) in [4.78, 5) is 9.41. The standard InChI is InChI=1S/C17H15N3S2/c1-20-13-4-2-3-5-15(13)22-16-7-6-11(8-14(16)20)12-10-21-17(9-18)19-12/h2-8,10H,9,18H2,1H3. The second-order valence-electron chi connectivity index (χ2n) is 5.14. The van der Waals surface area contributed by atoms with Gasteiger partial charge < -0.3 is 10.6 Å². The molecule has 0 saturated heterocycles. The van der Waals surface area contributed by atoms with Crippen molar-refractivity contribution in [3.8, 4) is 11.3 Å². The summed E-state index contributed by atoms with van der Waals surface area (Å²) >= 11 is 3.44. The highest BCUT2D eigenvalue weighted by atomic mass is 32.2. The fraction of sp³-hybridized carbons (Fsp3) is 0.118. The van der Waals surface area contributed by atoms with E-state index >= 15 is 0 Å². The van der Waals surface area contributed by atoms with Gasteiger partial charge in [0, 0.05) is 34.3 Å². The number of nitrogens with zero attached hydrogens (tertiary/aromatic N) is 2. The Balaban J connectivity index is 1.78. The third-order valence-electron chi connectivity index (χ3n) is 3.79. The number of hydrogen-bond donors (Lipinski definition) is 1. The highest BCUT2D eigenvalue weighted by Crippen LogP contribution is 2.48. The van der Waals surface area contributed by atoms with Crippen molar-refractivity contribution in [2.75, 3.05) is 11.9 Å². The van der Waals surface area contributed by atoms with E-state index < -0.39 is 0 Å². The highest BCUT2D eigenvalue weighted by molar-refractivity contribution is 7.99. The number of rotatable bonds is 2. The van der Waals surface area contributed by atoms with Crippen LogP contribution in [0.25, 0.3) is 11.3 Å². The van der Waals surface area contributed by atoms with Gasteiger partial charge in [-0.15, -0.1) is 11.3 Å². The highest BCUT2D eigenvalue weighted by Gasteiger charge is 2.21. The molecule has 0 amide bonds. The molecule has 3 nitrogen and oxygen atoms in total. The zero-order valence-electron chi connectivity index (χ0n) is 12.1. The smallest absolute Gasteiger partial charge is 0.107 e. The fourth-order valence-corrected chi connectivity index (χ4v) is 4.44. The summed E-state index contributed by atoms with van der Waals surface area (Å²) in [6.07, 6.45) is 0. The van der Waals surface area contributed by atoms with E-state index in [4.69, 9.17) is 5.73 Å². The summed E-state index contributed by atoms with van der Waals surface area (Å²) in [7, 11) is 2.12. The largest absolute Gasteiger partial charge is 0.343 e. The molecule has 0 atom stereocenters. The van der Waals surface area contributed by atoms with Gasteiger partial charge in [0.1, 0.15) is 5.01 Å². The topological polar surface area (TPSA) is 42.1 Å². The Labute approximate surface area is 137 Å². The maximum atomic E-state index is 5.66. The van der Waals surface area contributed by atoms with Crippen LogP contribution in [0.1, 0.15) is 5.01 Å². The van der Waals surface area contributed by atoms with E-state index in [9.17, 15) is 0 Å². The average Bonchev–Trinajstić information content (AvgIpc) is 3.04. The van der Waals surface area contributed by atoms with Crippen LogP contribution in [-0.4, -0.2) is 12.0 Å². The first-order valence-corrected chi connectivity index (χ1v) is 8.75. The molecule has 1 aliphatic heterocycles. The Morgan fingerprint density at radius 1 is 1.09 bits per heavy atom. The summed E-state index contributed by atoms with van der Waals surface area (Å²) < 4.78 is 0. The van der Waals surface area contributed by atoms with Gasteiger partial charge in [-0.1, -0.05) is 30.0 Å². The summed E-state index contributed by atoms with van der Waals surface area (Å²) in [6, 6.07) is 15.0. The van der Waals surface area contributed by atoms with Crippen LogP contribution in [0.5, 0.6) is 0 Å². The van der Waals surface area contributed by atoms with Crippen LogP contribution < -0.4 is 10.6 Å². The Bertz CT molecular complexity index is 841. The van der Waals surface area contributed by atoms with E-state index in [0.717, 1.165) is 16.3 Å². The first kappa shape index (κ1) is 13.8. The molecule has 110 valence electrons. The lowest BCUT2D eigenvalue weighted by atomic mass is 10.1. The minimum absolute atomic E-state index is 0.499. The molecule has 0 fully saturated rings. The van der Waals surface area contributed by atoms with E-state index in [-0.39, 0.29) is 0 Å². The molecule has 2 heterocycles. The molecule has 1 aromatic heterocycles. The molecule has 5 heteroatoms. The van der Waals surface area contributed by atoms with Gasteiger partial charge in [0.2, 0.25) is 0 Å². The van der Waals surface area contributed by atoms with Crippen LogP contribution in [0.15, 0.2) is 57.6 Å². The first-order valence-electron chi connectivity index (χ1n) is 7.06. The molecule has 0 spiro atoms. The minimum atomic E-state index is 0.499. The Morgan fingerprint density at radius 3 is 2.73 bits per heavy atom. The van der Waals surface area contributed by atoms with Crippen molar-refractivity contribution < 1.29 is 0 Å². The van der Waals surface area contributed by atoms with E-state index in [2.05, 4.69) is 64.8 Å². The zero-order chi connectivity index (χ0) is 15.1. The van der Waals surface area contributed by atoms with Crippen LogP contribution in [0.3, 0.4) is 0 Å². The molecule has 1 aliphatic rings. The molecular weight excluding hydrogens is 310 g/mol. The van der Waals surface area contributed by atoms with Crippen molar-refractivity contribution in [2.24, 2.45) is 5.73 Å². The maximum Gasteiger partial charge on any atom is 0.107 e.